The predicted molar refractivity (Wildman–Crippen MR) is 64.3 cm³/mol. The number of benzene rings is 1. The molecule has 0 aromatic heterocycles. The minimum atomic E-state index is -0.191. The number of halogens is 2. The number of hydrogen-bond donors (Lipinski definition) is 0. The van der Waals surface area contributed by atoms with Crippen molar-refractivity contribution in [3.05, 3.63) is 29.6 Å². The van der Waals surface area contributed by atoms with Gasteiger partial charge in [-0.2, -0.15) is 0 Å². The van der Waals surface area contributed by atoms with Gasteiger partial charge in [0.05, 0.1) is 6.61 Å². The highest BCUT2D eigenvalue weighted by Crippen LogP contribution is 2.21. The van der Waals surface area contributed by atoms with Gasteiger partial charge in [-0.15, -0.1) is 0 Å². The van der Waals surface area contributed by atoms with Crippen molar-refractivity contribution in [2.24, 2.45) is 0 Å². The third-order valence-electron chi connectivity index (χ3n) is 2.06. The summed E-state index contributed by atoms with van der Waals surface area (Å²) in [5.41, 5.74) is 0.961. The first kappa shape index (κ1) is 12.5. The molecule has 0 unspecified atom stereocenters. The van der Waals surface area contributed by atoms with E-state index in [1.807, 2.05) is 0 Å². The summed E-state index contributed by atoms with van der Waals surface area (Å²) in [4.78, 5) is 0. The van der Waals surface area contributed by atoms with Crippen LogP contribution in [-0.2, 0) is 6.42 Å². The second-order valence-corrected chi connectivity index (χ2v) is 4.19. The molecule has 0 radical (unpaired) electrons. The van der Waals surface area contributed by atoms with Gasteiger partial charge in [0.1, 0.15) is 11.6 Å². The van der Waals surface area contributed by atoms with Gasteiger partial charge in [0.25, 0.3) is 0 Å². The molecule has 84 valence electrons. The molecule has 0 aliphatic carbocycles. The average Bonchev–Trinajstić information content (AvgIpc) is 2.25. The van der Waals surface area contributed by atoms with Gasteiger partial charge in [-0.25, -0.2) is 4.39 Å². The number of rotatable bonds is 6. The highest BCUT2D eigenvalue weighted by atomic mass is 79.9. The van der Waals surface area contributed by atoms with E-state index in [9.17, 15) is 4.39 Å². The van der Waals surface area contributed by atoms with Crippen molar-refractivity contribution in [2.45, 2.75) is 26.2 Å². The minimum absolute atomic E-state index is 0.191. The van der Waals surface area contributed by atoms with Crippen LogP contribution in [0.25, 0.3) is 0 Å². The van der Waals surface area contributed by atoms with Gasteiger partial charge in [0.2, 0.25) is 0 Å². The van der Waals surface area contributed by atoms with Crippen molar-refractivity contribution in [2.75, 3.05) is 11.9 Å². The van der Waals surface area contributed by atoms with E-state index in [4.69, 9.17) is 4.74 Å². The van der Waals surface area contributed by atoms with Crippen LogP contribution >= 0.6 is 15.9 Å². The Morgan fingerprint density at radius 3 is 2.87 bits per heavy atom. The molecule has 0 N–H and O–H groups in total. The Kier molecular flexibility index (Phi) is 5.69. The molecule has 0 bridgehead atoms. The van der Waals surface area contributed by atoms with E-state index in [2.05, 4.69) is 22.9 Å². The lowest BCUT2D eigenvalue weighted by Crippen LogP contribution is -2.00. The van der Waals surface area contributed by atoms with Crippen LogP contribution in [0.4, 0.5) is 4.39 Å². The van der Waals surface area contributed by atoms with Gasteiger partial charge < -0.3 is 4.74 Å². The maximum Gasteiger partial charge on any atom is 0.123 e. The van der Waals surface area contributed by atoms with Crippen LogP contribution in [0.1, 0.15) is 25.3 Å². The number of aryl methyl sites for hydroxylation is 1. The molecule has 0 spiro atoms. The first-order chi connectivity index (χ1) is 7.27. The standard InChI is InChI=1S/C12H16BrFO/c1-2-8-15-12-6-5-11(14)9-10(12)4-3-7-13/h5-6,9H,2-4,7-8H2,1H3. The summed E-state index contributed by atoms with van der Waals surface area (Å²) >= 11 is 3.37. The fourth-order valence-corrected chi connectivity index (χ4v) is 1.63. The van der Waals surface area contributed by atoms with Crippen LogP contribution in [0.3, 0.4) is 0 Å². The van der Waals surface area contributed by atoms with Crippen molar-refractivity contribution >= 4 is 15.9 Å². The van der Waals surface area contributed by atoms with E-state index < -0.39 is 0 Å². The molecular weight excluding hydrogens is 259 g/mol. The molecule has 0 amide bonds. The van der Waals surface area contributed by atoms with Gasteiger partial charge >= 0.3 is 0 Å². The molecule has 1 aromatic carbocycles. The quantitative estimate of drug-likeness (QED) is 0.714. The molecule has 0 saturated heterocycles. The van der Waals surface area contributed by atoms with Gasteiger partial charge in [-0.05, 0) is 43.0 Å². The summed E-state index contributed by atoms with van der Waals surface area (Å²) in [6, 6.07) is 4.73. The predicted octanol–water partition coefficient (Wildman–Crippen LogP) is 3.94. The fraction of sp³-hybridized carbons (Fsp3) is 0.500. The van der Waals surface area contributed by atoms with Gasteiger partial charge in [0.15, 0.2) is 0 Å². The highest BCUT2D eigenvalue weighted by Gasteiger charge is 2.04. The summed E-state index contributed by atoms with van der Waals surface area (Å²) < 4.78 is 18.6. The Balaban J connectivity index is 2.73. The van der Waals surface area contributed by atoms with E-state index in [0.29, 0.717) is 6.61 Å². The second-order valence-electron chi connectivity index (χ2n) is 3.39. The molecule has 0 saturated carbocycles. The van der Waals surface area contributed by atoms with E-state index in [0.717, 1.165) is 35.9 Å². The van der Waals surface area contributed by atoms with Crippen molar-refractivity contribution < 1.29 is 9.13 Å². The largest absolute Gasteiger partial charge is 0.493 e. The van der Waals surface area contributed by atoms with Crippen molar-refractivity contribution in [1.29, 1.82) is 0 Å². The third-order valence-corrected chi connectivity index (χ3v) is 2.62. The summed E-state index contributed by atoms with van der Waals surface area (Å²) in [6.45, 7) is 2.74. The van der Waals surface area contributed by atoms with Gasteiger partial charge in [-0.3, -0.25) is 0 Å². The summed E-state index contributed by atoms with van der Waals surface area (Å²) in [7, 11) is 0. The molecule has 0 aliphatic rings. The third kappa shape index (κ3) is 4.20. The van der Waals surface area contributed by atoms with Crippen LogP contribution in [0.15, 0.2) is 18.2 Å². The summed E-state index contributed by atoms with van der Waals surface area (Å²) in [5.74, 6) is 0.627. The van der Waals surface area contributed by atoms with Crippen LogP contribution < -0.4 is 4.74 Å². The molecule has 1 nitrogen and oxygen atoms in total. The van der Waals surface area contributed by atoms with E-state index >= 15 is 0 Å². The Labute approximate surface area is 98.8 Å². The van der Waals surface area contributed by atoms with Crippen LogP contribution in [0.5, 0.6) is 5.75 Å². The molecule has 0 aliphatic heterocycles. The molecule has 1 rings (SSSR count). The lowest BCUT2D eigenvalue weighted by atomic mass is 10.1. The average molecular weight is 275 g/mol. The zero-order valence-corrected chi connectivity index (χ0v) is 10.5. The van der Waals surface area contributed by atoms with Crippen LogP contribution in [0, 0.1) is 5.82 Å². The van der Waals surface area contributed by atoms with E-state index in [1.54, 1.807) is 12.1 Å². The molecule has 1 aromatic rings. The normalized spacial score (nSPS) is 10.3. The van der Waals surface area contributed by atoms with Crippen molar-refractivity contribution in [1.82, 2.24) is 0 Å². The fourth-order valence-electron chi connectivity index (χ4n) is 1.35. The summed E-state index contributed by atoms with van der Waals surface area (Å²) in [6.07, 6.45) is 2.81. The smallest absolute Gasteiger partial charge is 0.123 e. The second kappa shape index (κ2) is 6.83. The molecular formula is C12H16BrFO. The van der Waals surface area contributed by atoms with E-state index in [-0.39, 0.29) is 5.82 Å². The zero-order chi connectivity index (χ0) is 11.1. The topological polar surface area (TPSA) is 9.23 Å². The minimum Gasteiger partial charge on any atom is -0.493 e. The number of alkyl halides is 1. The van der Waals surface area contributed by atoms with Crippen LogP contribution in [0.2, 0.25) is 0 Å². The molecule has 0 atom stereocenters. The Bertz CT molecular complexity index is 302. The summed E-state index contributed by atoms with van der Waals surface area (Å²) in [5, 5.41) is 0.927. The van der Waals surface area contributed by atoms with Gasteiger partial charge in [0, 0.05) is 5.33 Å². The number of hydrogen-bond acceptors (Lipinski definition) is 1. The highest BCUT2D eigenvalue weighted by molar-refractivity contribution is 9.09. The Morgan fingerprint density at radius 1 is 1.40 bits per heavy atom. The molecule has 15 heavy (non-hydrogen) atoms. The first-order valence-electron chi connectivity index (χ1n) is 5.25. The Hall–Kier alpha value is -0.570. The van der Waals surface area contributed by atoms with Crippen molar-refractivity contribution in [3.63, 3.8) is 0 Å². The SMILES string of the molecule is CCCOc1ccc(F)cc1CCCBr. The van der Waals surface area contributed by atoms with Gasteiger partial charge in [-0.1, -0.05) is 22.9 Å². The Morgan fingerprint density at radius 2 is 2.20 bits per heavy atom. The monoisotopic (exact) mass is 274 g/mol. The van der Waals surface area contributed by atoms with Crippen molar-refractivity contribution in [3.8, 4) is 5.75 Å². The number of ether oxygens (including phenoxy) is 1. The maximum absolute atomic E-state index is 13.0. The lowest BCUT2D eigenvalue weighted by Gasteiger charge is -2.10. The van der Waals surface area contributed by atoms with E-state index in [1.165, 1.54) is 6.07 Å². The lowest BCUT2D eigenvalue weighted by molar-refractivity contribution is 0.313. The van der Waals surface area contributed by atoms with Crippen LogP contribution in [-0.4, -0.2) is 11.9 Å². The first-order valence-corrected chi connectivity index (χ1v) is 6.37. The molecule has 0 heterocycles. The molecule has 0 fully saturated rings. The molecule has 3 heteroatoms. The maximum atomic E-state index is 13.0. The zero-order valence-electron chi connectivity index (χ0n) is 8.93.